The summed E-state index contributed by atoms with van der Waals surface area (Å²) in [6.45, 7) is 0.702. The molecule has 0 spiro atoms. The van der Waals surface area contributed by atoms with Gasteiger partial charge in [0.2, 0.25) is 5.88 Å². The van der Waals surface area contributed by atoms with E-state index in [2.05, 4.69) is 25.2 Å². The molecular weight excluding hydrogens is 505 g/mol. The summed E-state index contributed by atoms with van der Waals surface area (Å²) in [5.74, 6) is 0.542. The van der Waals surface area contributed by atoms with Crippen LogP contribution in [0, 0.1) is 0 Å². The van der Waals surface area contributed by atoms with Crippen LogP contribution in [0.15, 0.2) is 48.8 Å². The van der Waals surface area contributed by atoms with Crippen LogP contribution in [0.5, 0.6) is 5.88 Å². The van der Waals surface area contributed by atoms with E-state index in [-0.39, 0.29) is 29.9 Å². The van der Waals surface area contributed by atoms with Crippen LogP contribution in [0.4, 0.5) is 35.2 Å². The lowest BCUT2D eigenvalue weighted by molar-refractivity contribution is -0.137. The second-order valence-electron chi connectivity index (χ2n) is 9.05. The van der Waals surface area contributed by atoms with Gasteiger partial charge in [0.1, 0.15) is 12.7 Å². The molecule has 1 fully saturated rings. The fraction of sp³-hybridized carbons (Fsp3) is 0.360. The van der Waals surface area contributed by atoms with Crippen LogP contribution < -0.4 is 19.9 Å². The number of aromatic nitrogens is 3. The Morgan fingerprint density at radius 3 is 2.87 bits per heavy atom. The Hall–Kier alpha value is -3.97. The fourth-order valence-electron chi connectivity index (χ4n) is 4.54. The molecular formula is C25H25F3N6O4. The molecule has 38 heavy (non-hydrogen) atoms. The van der Waals surface area contributed by atoms with E-state index in [9.17, 15) is 23.1 Å². The summed E-state index contributed by atoms with van der Waals surface area (Å²) in [6, 6.07) is 7.14. The number of fused-ring (bicyclic) bond motifs is 4. The minimum Gasteiger partial charge on any atom is -0.475 e. The zero-order chi connectivity index (χ0) is 26.9. The van der Waals surface area contributed by atoms with Gasteiger partial charge in [-0.2, -0.15) is 13.2 Å². The highest BCUT2D eigenvalue weighted by molar-refractivity contribution is 6.04. The third kappa shape index (κ3) is 5.34. The van der Waals surface area contributed by atoms with E-state index >= 15 is 0 Å². The minimum atomic E-state index is -4.51. The smallest absolute Gasteiger partial charge is 0.416 e. The molecule has 10 nitrogen and oxygen atoms in total. The number of carbonyl (C=O) groups excluding carboxylic acids is 1. The van der Waals surface area contributed by atoms with Crippen LogP contribution in [0.1, 0.15) is 18.4 Å². The number of pyridine rings is 1. The van der Waals surface area contributed by atoms with Gasteiger partial charge in [-0.05, 0) is 31.0 Å². The summed E-state index contributed by atoms with van der Waals surface area (Å²) in [5.41, 5.74) is 0.387. The number of alkyl halides is 3. The van der Waals surface area contributed by atoms with Crippen LogP contribution >= 0.6 is 0 Å². The molecule has 2 amide bonds. The largest absolute Gasteiger partial charge is 0.475 e. The van der Waals surface area contributed by atoms with E-state index in [0.29, 0.717) is 23.7 Å². The molecule has 13 heteroatoms. The SMILES string of the molecule is O=C(Nc1ccnc(OCC(O)CO)c1)N1c2nc(-c3cccc(C(F)(F)F)c3)ncc2N2CCC[C@H]1C2. The maximum Gasteiger partial charge on any atom is 0.416 e. The van der Waals surface area contributed by atoms with Crippen molar-refractivity contribution < 1.29 is 32.9 Å². The van der Waals surface area contributed by atoms with Gasteiger partial charge in [0.25, 0.3) is 0 Å². The minimum absolute atomic E-state index is 0.0795. The van der Waals surface area contributed by atoms with Gasteiger partial charge in [0.05, 0.1) is 30.1 Å². The second kappa shape index (κ2) is 10.4. The lowest BCUT2D eigenvalue weighted by Crippen LogP contribution is -2.56. The molecule has 0 saturated carbocycles. The molecule has 5 rings (SSSR count). The number of aliphatic hydroxyl groups excluding tert-OH is 2. The van der Waals surface area contributed by atoms with Crippen molar-refractivity contribution in [3.8, 4) is 17.3 Å². The molecule has 1 unspecified atom stereocenters. The van der Waals surface area contributed by atoms with Crippen LogP contribution in [-0.4, -0.2) is 69.6 Å². The Balaban J connectivity index is 1.44. The Bertz CT molecular complexity index is 1320. The number of piperidine rings is 1. The number of ether oxygens (including phenoxy) is 1. The number of nitrogens with one attached hydrogen (secondary N) is 1. The van der Waals surface area contributed by atoms with Crippen LogP contribution in [0.25, 0.3) is 11.4 Å². The summed E-state index contributed by atoms with van der Waals surface area (Å²) in [4.78, 5) is 30.1. The van der Waals surface area contributed by atoms with Crippen molar-refractivity contribution in [2.45, 2.75) is 31.2 Å². The van der Waals surface area contributed by atoms with Crippen molar-refractivity contribution in [3.63, 3.8) is 0 Å². The standard InChI is InChI=1S/C25H25F3N6O4/c26-25(27,28)16-4-1-3-15(9-16)22-30-11-20-23(32-22)34(18-5-2-8-33(20)12-18)24(37)31-17-6-7-29-21(10-17)38-14-19(36)13-35/h1,3-4,6-7,9-11,18-19,35-36H,2,5,8,12-14H2,(H,29,31,37)/t18-,19?/m0/s1. The summed E-state index contributed by atoms with van der Waals surface area (Å²) >= 11 is 0. The van der Waals surface area contributed by atoms with Crippen molar-refractivity contribution in [1.82, 2.24) is 15.0 Å². The van der Waals surface area contributed by atoms with Crippen LogP contribution in [0.2, 0.25) is 0 Å². The van der Waals surface area contributed by atoms with Crippen molar-refractivity contribution in [2.24, 2.45) is 0 Å². The quantitative estimate of drug-likeness (QED) is 0.444. The maximum absolute atomic E-state index is 13.5. The second-order valence-corrected chi connectivity index (χ2v) is 9.05. The van der Waals surface area contributed by atoms with Gasteiger partial charge in [-0.1, -0.05) is 12.1 Å². The molecule has 0 radical (unpaired) electrons. The number of amides is 2. The first-order chi connectivity index (χ1) is 18.2. The Kier molecular flexibility index (Phi) is 7.04. The molecule has 3 N–H and O–H groups in total. The average Bonchev–Trinajstić information content (AvgIpc) is 2.91. The molecule has 2 atom stereocenters. The lowest BCUT2D eigenvalue weighted by Gasteiger charge is -2.45. The van der Waals surface area contributed by atoms with E-state index in [1.165, 1.54) is 29.3 Å². The third-order valence-electron chi connectivity index (χ3n) is 6.37. The molecule has 1 aromatic carbocycles. The number of rotatable bonds is 6. The van der Waals surface area contributed by atoms with Crippen molar-refractivity contribution in [1.29, 1.82) is 0 Å². The van der Waals surface area contributed by atoms with Crippen LogP contribution in [0.3, 0.4) is 0 Å². The van der Waals surface area contributed by atoms with Crippen molar-refractivity contribution in [3.05, 3.63) is 54.4 Å². The van der Waals surface area contributed by atoms with Gasteiger partial charge in [0.15, 0.2) is 11.6 Å². The van der Waals surface area contributed by atoms with Gasteiger partial charge in [-0.25, -0.2) is 19.7 Å². The summed E-state index contributed by atoms with van der Waals surface area (Å²) in [7, 11) is 0. The molecule has 2 aromatic heterocycles. The fourth-order valence-corrected chi connectivity index (χ4v) is 4.54. The molecule has 0 aliphatic carbocycles. The Labute approximate surface area is 215 Å². The monoisotopic (exact) mass is 530 g/mol. The number of hydrogen-bond acceptors (Lipinski definition) is 8. The molecule has 3 aromatic rings. The van der Waals surface area contributed by atoms with E-state index in [0.717, 1.165) is 31.5 Å². The topological polar surface area (TPSA) is 124 Å². The first-order valence-corrected chi connectivity index (χ1v) is 12.0. The Morgan fingerprint density at radius 2 is 2.08 bits per heavy atom. The summed E-state index contributed by atoms with van der Waals surface area (Å²) in [5, 5.41) is 21.2. The molecule has 2 bridgehead atoms. The lowest BCUT2D eigenvalue weighted by atomic mass is 10.0. The normalized spacial score (nSPS) is 17.6. The van der Waals surface area contributed by atoms with Gasteiger partial charge in [-0.3, -0.25) is 4.90 Å². The van der Waals surface area contributed by atoms with E-state index in [1.54, 1.807) is 12.3 Å². The van der Waals surface area contributed by atoms with E-state index in [4.69, 9.17) is 9.84 Å². The first kappa shape index (κ1) is 25.7. The zero-order valence-corrected chi connectivity index (χ0v) is 20.1. The zero-order valence-electron chi connectivity index (χ0n) is 20.1. The summed E-state index contributed by atoms with van der Waals surface area (Å²) in [6.07, 6.45) is -1.02. The number of aliphatic hydroxyl groups is 2. The average molecular weight is 531 g/mol. The number of benzene rings is 1. The highest BCUT2D eigenvalue weighted by atomic mass is 19.4. The number of anilines is 3. The van der Waals surface area contributed by atoms with Crippen LogP contribution in [-0.2, 0) is 6.18 Å². The van der Waals surface area contributed by atoms with E-state index < -0.39 is 30.5 Å². The predicted octanol–water partition coefficient (Wildman–Crippen LogP) is 3.31. The van der Waals surface area contributed by atoms with Crippen molar-refractivity contribution in [2.75, 3.05) is 41.4 Å². The third-order valence-corrected chi connectivity index (χ3v) is 6.37. The van der Waals surface area contributed by atoms with Gasteiger partial charge in [0, 0.05) is 36.6 Å². The molecule has 4 heterocycles. The van der Waals surface area contributed by atoms with E-state index in [1.807, 2.05) is 0 Å². The first-order valence-electron chi connectivity index (χ1n) is 12.0. The number of halogens is 3. The molecule has 1 saturated heterocycles. The molecule has 2 aliphatic rings. The number of carbonyl (C=O) groups is 1. The Morgan fingerprint density at radius 1 is 1.24 bits per heavy atom. The highest BCUT2D eigenvalue weighted by Gasteiger charge is 2.39. The molecule has 200 valence electrons. The maximum atomic E-state index is 13.5. The molecule has 2 aliphatic heterocycles. The number of urea groups is 1. The van der Waals surface area contributed by atoms with Gasteiger partial charge in [-0.15, -0.1) is 0 Å². The predicted molar refractivity (Wildman–Crippen MR) is 132 cm³/mol. The highest BCUT2D eigenvalue weighted by Crippen LogP contribution is 2.39. The summed E-state index contributed by atoms with van der Waals surface area (Å²) < 4.78 is 45.2. The number of hydrogen-bond donors (Lipinski definition) is 3. The van der Waals surface area contributed by atoms with Gasteiger partial charge >= 0.3 is 12.2 Å². The van der Waals surface area contributed by atoms with Crippen molar-refractivity contribution >= 4 is 23.2 Å². The van der Waals surface area contributed by atoms with Gasteiger partial charge < -0.3 is 25.2 Å². The number of nitrogens with zero attached hydrogens (tertiary/aromatic N) is 5.